The van der Waals surface area contributed by atoms with Crippen molar-refractivity contribution in [2.75, 3.05) is 40.0 Å². The molecule has 0 aromatic carbocycles. The third-order valence-corrected chi connectivity index (χ3v) is 4.57. The number of aryl methyl sites for hydroxylation is 1. The molecule has 130 valence electrons. The predicted molar refractivity (Wildman–Crippen MR) is 88.1 cm³/mol. The summed E-state index contributed by atoms with van der Waals surface area (Å²) in [7, 11) is 1.68. The van der Waals surface area contributed by atoms with E-state index in [0.29, 0.717) is 13.2 Å². The van der Waals surface area contributed by atoms with Crippen molar-refractivity contribution in [1.82, 2.24) is 14.7 Å². The molecule has 2 rings (SSSR count). The lowest BCUT2D eigenvalue weighted by Crippen LogP contribution is -2.49. The van der Waals surface area contributed by atoms with Crippen LogP contribution in [0, 0.1) is 5.41 Å². The van der Waals surface area contributed by atoms with E-state index in [-0.39, 0.29) is 5.97 Å². The van der Waals surface area contributed by atoms with Crippen LogP contribution in [0.15, 0.2) is 18.5 Å². The molecular formula is C17H29N3O3. The quantitative estimate of drug-likeness (QED) is 0.650. The standard InChI is InChI=1S/C17H29N3O3/c1-3-23-16(21)17(8-14-22-2)7-4-10-19(15-17)11-6-13-20-12-5-9-18-20/h5,9,12H,3-4,6-8,10-11,13-15H2,1-2H3/t17-/m1/s1. The summed E-state index contributed by atoms with van der Waals surface area (Å²) in [6.45, 7) is 6.61. The summed E-state index contributed by atoms with van der Waals surface area (Å²) >= 11 is 0. The van der Waals surface area contributed by atoms with Crippen LogP contribution in [0.3, 0.4) is 0 Å². The Bertz CT molecular complexity index is 464. The minimum absolute atomic E-state index is 0.0613. The number of hydrogen-bond acceptors (Lipinski definition) is 5. The molecule has 0 spiro atoms. The van der Waals surface area contributed by atoms with E-state index in [1.54, 1.807) is 13.3 Å². The maximum Gasteiger partial charge on any atom is 0.313 e. The number of methoxy groups -OCH3 is 1. The Morgan fingerprint density at radius 3 is 2.96 bits per heavy atom. The monoisotopic (exact) mass is 323 g/mol. The van der Waals surface area contributed by atoms with E-state index in [4.69, 9.17) is 9.47 Å². The van der Waals surface area contributed by atoms with Gasteiger partial charge in [-0.2, -0.15) is 5.10 Å². The molecule has 0 bridgehead atoms. The van der Waals surface area contributed by atoms with Gasteiger partial charge in [-0.1, -0.05) is 0 Å². The smallest absolute Gasteiger partial charge is 0.313 e. The van der Waals surface area contributed by atoms with E-state index in [1.807, 2.05) is 23.9 Å². The van der Waals surface area contributed by atoms with Gasteiger partial charge in [0.2, 0.25) is 0 Å². The molecule has 2 heterocycles. The highest BCUT2D eigenvalue weighted by Crippen LogP contribution is 2.35. The Kier molecular flexibility index (Phi) is 7.05. The van der Waals surface area contributed by atoms with Crippen LogP contribution < -0.4 is 0 Å². The highest BCUT2D eigenvalue weighted by Gasteiger charge is 2.42. The van der Waals surface area contributed by atoms with Gasteiger partial charge in [0.25, 0.3) is 0 Å². The molecule has 1 aliphatic rings. The molecular weight excluding hydrogens is 294 g/mol. The molecule has 0 radical (unpaired) electrons. The summed E-state index contributed by atoms with van der Waals surface area (Å²) in [6, 6.07) is 1.94. The number of piperidine rings is 1. The number of likely N-dealkylation sites (tertiary alicyclic amines) is 1. The van der Waals surface area contributed by atoms with Gasteiger partial charge < -0.3 is 14.4 Å². The lowest BCUT2D eigenvalue weighted by atomic mass is 9.77. The first-order valence-corrected chi connectivity index (χ1v) is 8.56. The average molecular weight is 323 g/mol. The Morgan fingerprint density at radius 2 is 2.26 bits per heavy atom. The van der Waals surface area contributed by atoms with E-state index in [0.717, 1.165) is 51.9 Å². The molecule has 6 heteroatoms. The second-order valence-corrected chi connectivity index (χ2v) is 6.25. The minimum atomic E-state index is -0.407. The molecule has 0 N–H and O–H groups in total. The Labute approximate surface area is 138 Å². The first kappa shape index (κ1) is 17.9. The average Bonchev–Trinajstić information content (AvgIpc) is 3.07. The van der Waals surface area contributed by atoms with Crippen LogP contribution in [0.5, 0.6) is 0 Å². The molecule has 1 aromatic rings. The van der Waals surface area contributed by atoms with Crippen LogP contribution >= 0.6 is 0 Å². The number of rotatable bonds is 9. The van der Waals surface area contributed by atoms with Crippen molar-refractivity contribution >= 4 is 5.97 Å². The van der Waals surface area contributed by atoms with Gasteiger partial charge in [-0.05, 0) is 51.8 Å². The maximum atomic E-state index is 12.5. The molecule has 0 aliphatic carbocycles. The van der Waals surface area contributed by atoms with Gasteiger partial charge in [0.1, 0.15) is 0 Å². The Hall–Kier alpha value is -1.40. The zero-order valence-electron chi connectivity index (χ0n) is 14.4. The van der Waals surface area contributed by atoms with Gasteiger partial charge in [-0.25, -0.2) is 0 Å². The number of esters is 1. The third kappa shape index (κ3) is 5.04. The second-order valence-electron chi connectivity index (χ2n) is 6.25. The number of aromatic nitrogens is 2. The van der Waals surface area contributed by atoms with Crippen molar-refractivity contribution in [2.24, 2.45) is 5.41 Å². The van der Waals surface area contributed by atoms with Gasteiger partial charge in [0, 0.05) is 39.2 Å². The van der Waals surface area contributed by atoms with Crippen molar-refractivity contribution in [3.05, 3.63) is 18.5 Å². The fourth-order valence-electron chi connectivity index (χ4n) is 3.36. The zero-order valence-corrected chi connectivity index (χ0v) is 14.4. The molecule has 1 aromatic heterocycles. The normalized spacial score (nSPS) is 22.2. The van der Waals surface area contributed by atoms with E-state index in [1.165, 1.54) is 0 Å². The minimum Gasteiger partial charge on any atom is -0.466 e. The molecule has 6 nitrogen and oxygen atoms in total. The summed E-state index contributed by atoms with van der Waals surface area (Å²) in [4.78, 5) is 14.9. The van der Waals surface area contributed by atoms with E-state index in [2.05, 4.69) is 10.00 Å². The summed E-state index contributed by atoms with van der Waals surface area (Å²) < 4.78 is 12.5. The van der Waals surface area contributed by atoms with Crippen molar-refractivity contribution in [3.8, 4) is 0 Å². The zero-order chi connectivity index (χ0) is 16.5. The Balaban J connectivity index is 1.90. The fourth-order valence-corrected chi connectivity index (χ4v) is 3.36. The first-order valence-electron chi connectivity index (χ1n) is 8.56. The van der Waals surface area contributed by atoms with Crippen LogP contribution in [0.25, 0.3) is 0 Å². The molecule has 1 saturated heterocycles. The molecule has 0 amide bonds. The Morgan fingerprint density at radius 1 is 1.39 bits per heavy atom. The molecule has 1 atom stereocenters. The number of nitrogens with zero attached hydrogens (tertiary/aromatic N) is 3. The highest BCUT2D eigenvalue weighted by molar-refractivity contribution is 5.77. The highest BCUT2D eigenvalue weighted by atomic mass is 16.5. The lowest BCUT2D eigenvalue weighted by molar-refractivity contribution is -0.160. The summed E-state index contributed by atoms with van der Waals surface area (Å²) in [5.41, 5.74) is -0.407. The van der Waals surface area contributed by atoms with Crippen LogP contribution in [0.1, 0.15) is 32.6 Å². The summed E-state index contributed by atoms with van der Waals surface area (Å²) in [5.74, 6) is -0.0613. The van der Waals surface area contributed by atoms with E-state index in [9.17, 15) is 4.79 Å². The summed E-state index contributed by atoms with van der Waals surface area (Å²) in [5, 5.41) is 4.23. The lowest BCUT2D eigenvalue weighted by Gasteiger charge is -2.41. The van der Waals surface area contributed by atoms with Gasteiger partial charge in [-0.15, -0.1) is 0 Å². The molecule has 1 aliphatic heterocycles. The third-order valence-electron chi connectivity index (χ3n) is 4.57. The van der Waals surface area contributed by atoms with Gasteiger partial charge in [0.05, 0.1) is 12.0 Å². The van der Waals surface area contributed by atoms with Crippen molar-refractivity contribution in [3.63, 3.8) is 0 Å². The summed E-state index contributed by atoms with van der Waals surface area (Å²) in [6.07, 6.45) is 7.48. The van der Waals surface area contributed by atoms with Gasteiger partial charge in [0.15, 0.2) is 0 Å². The largest absolute Gasteiger partial charge is 0.466 e. The van der Waals surface area contributed by atoms with Crippen LogP contribution in [0.2, 0.25) is 0 Å². The van der Waals surface area contributed by atoms with Crippen LogP contribution in [-0.2, 0) is 20.8 Å². The van der Waals surface area contributed by atoms with Crippen molar-refractivity contribution in [2.45, 2.75) is 39.2 Å². The molecule has 23 heavy (non-hydrogen) atoms. The second kappa shape index (κ2) is 9.03. The maximum absolute atomic E-state index is 12.5. The SMILES string of the molecule is CCOC(=O)[C@@]1(CCOC)CCCN(CCCn2cccn2)C1. The fraction of sp³-hybridized carbons (Fsp3) is 0.765. The van der Waals surface area contributed by atoms with Crippen molar-refractivity contribution < 1.29 is 14.3 Å². The first-order chi connectivity index (χ1) is 11.2. The van der Waals surface area contributed by atoms with E-state index < -0.39 is 5.41 Å². The van der Waals surface area contributed by atoms with Crippen LogP contribution in [-0.4, -0.2) is 60.6 Å². The number of carbonyl (C=O) groups excluding carboxylic acids is 1. The van der Waals surface area contributed by atoms with Crippen LogP contribution in [0.4, 0.5) is 0 Å². The molecule has 0 unspecified atom stereocenters. The number of ether oxygens (including phenoxy) is 2. The van der Waals surface area contributed by atoms with E-state index >= 15 is 0 Å². The van der Waals surface area contributed by atoms with Crippen molar-refractivity contribution in [1.29, 1.82) is 0 Å². The molecule has 1 fully saturated rings. The number of carbonyl (C=O) groups is 1. The topological polar surface area (TPSA) is 56.6 Å². The van der Waals surface area contributed by atoms with Gasteiger partial charge >= 0.3 is 5.97 Å². The number of hydrogen-bond donors (Lipinski definition) is 0. The van der Waals surface area contributed by atoms with Gasteiger partial charge in [-0.3, -0.25) is 9.48 Å². The predicted octanol–water partition coefficient (Wildman–Crippen LogP) is 1.95. The molecule has 0 saturated carbocycles.